The molecule has 0 unspecified atom stereocenters. The Morgan fingerprint density at radius 3 is 3.09 bits per heavy atom. The van der Waals surface area contributed by atoms with Gasteiger partial charge in [0.25, 0.3) is 0 Å². The van der Waals surface area contributed by atoms with Gasteiger partial charge in [-0.3, -0.25) is 9.48 Å². The van der Waals surface area contributed by atoms with Gasteiger partial charge < -0.3 is 19.9 Å². The maximum atomic E-state index is 10.9. The average Bonchev–Trinajstić information content (AvgIpc) is 3.16. The van der Waals surface area contributed by atoms with E-state index in [0.717, 1.165) is 53.5 Å². The Labute approximate surface area is 132 Å². The summed E-state index contributed by atoms with van der Waals surface area (Å²) in [6, 6.07) is 5.78. The molecule has 4 rings (SSSR count). The first-order valence-electron chi connectivity index (χ1n) is 7.63. The predicted molar refractivity (Wildman–Crippen MR) is 81.4 cm³/mol. The summed E-state index contributed by atoms with van der Waals surface area (Å²) in [5.74, 6) is 0.652. The minimum atomic E-state index is -0.812. The first kappa shape index (κ1) is 14.1. The van der Waals surface area contributed by atoms with E-state index < -0.39 is 5.97 Å². The van der Waals surface area contributed by atoms with E-state index in [1.165, 1.54) is 0 Å². The Hall–Kier alpha value is -2.54. The lowest BCUT2D eigenvalue weighted by molar-refractivity contribution is -0.137. The van der Waals surface area contributed by atoms with Gasteiger partial charge in [0.15, 0.2) is 11.5 Å². The molecular formula is C16H17N3O4. The molecule has 7 heteroatoms. The summed E-state index contributed by atoms with van der Waals surface area (Å²) in [7, 11) is 0. The van der Waals surface area contributed by atoms with Crippen molar-refractivity contribution in [1.82, 2.24) is 15.1 Å². The number of carboxylic acids is 1. The van der Waals surface area contributed by atoms with E-state index in [9.17, 15) is 4.79 Å². The zero-order chi connectivity index (χ0) is 15.8. The lowest BCUT2D eigenvalue weighted by Crippen LogP contribution is -2.25. The van der Waals surface area contributed by atoms with E-state index >= 15 is 0 Å². The number of aromatic nitrogens is 2. The van der Waals surface area contributed by atoms with Crippen molar-refractivity contribution in [2.24, 2.45) is 0 Å². The molecule has 0 atom stereocenters. The highest BCUT2D eigenvalue weighted by Crippen LogP contribution is 2.37. The van der Waals surface area contributed by atoms with Crippen LogP contribution < -0.4 is 14.8 Å². The number of fused-ring (bicyclic) bond motifs is 2. The minimum Gasteiger partial charge on any atom is -0.481 e. The first-order chi connectivity index (χ1) is 11.2. The summed E-state index contributed by atoms with van der Waals surface area (Å²) in [5.41, 5.74) is 4.11. The third kappa shape index (κ3) is 2.53. The molecule has 3 heterocycles. The molecule has 23 heavy (non-hydrogen) atoms. The SMILES string of the molecule is O=C(O)CCn1nc(-c2ccc3c(c2)OCO3)c2c1CCNC2. The highest BCUT2D eigenvalue weighted by atomic mass is 16.7. The number of nitrogens with zero attached hydrogens (tertiary/aromatic N) is 2. The Balaban J connectivity index is 1.74. The van der Waals surface area contributed by atoms with Gasteiger partial charge in [0.2, 0.25) is 6.79 Å². The summed E-state index contributed by atoms with van der Waals surface area (Å²) >= 11 is 0. The van der Waals surface area contributed by atoms with Gasteiger partial charge in [-0.25, -0.2) is 0 Å². The zero-order valence-corrected chi connectivity index (χ0v) is 12.5. The van der Waals surface area contributed by atoms with Crippen LogP contribution in [0.25, 0.3) is 11.3 Å². The fraction of sp³-hybridized carbons (Fsp3) is 0.375. The maximum Gasteiger partial charge on any atom is 0.305 e. The van der Waals surface area contributed by atoms with Crippen molar-refractivity contribution in [3.8, 4) is 22.8 Å². The molecule has 0 aliphatic carbocycles. The van der Waals surface area contributed by atoms with E-state index in [1.54, 1.807) is 0 Å². The Morgan fingerprint density at radius 1 is 1.35 bits per heavy atom. The standard InChI is InChI=1S/C16H17N3O4/c20-15(21)4-6-19-12-3-5-17-8-11(12)16(18-19)10-1-2-13-14(7-10)23-9-22-13/h1-2,7,17H,3-6,8-9H2,(H,20,21). The Kier molecular flexibility index (Phi) is 3.42. The van der Waals surface area contributed by atoms with Gasteiger partial charge in [0.1, 0.15) is 0 Å². The Bertz CT molecular complexity index is 769. The molecule has 0 amide bonds. The van der Waals surface area contributed by atoms with E-state index in [4.69, 9.17) is 14.6 Å². The van der Waals surface area contributed by atoms with E-state index in [0.29, 0.717) is 6.54 Å². The van der Waals surface area contributed by atoms with Crippen LogP contribution in [0, 0.1) is 0 Å². The number of ether oxygens (including phenoxy) is 2. The summed E-state index contributed by atoms with van der Waals surface area (Å²) in [6.45, 7) is 2.26. The highest BCUT2D eigenvalue weighted by Gasteiger charge is 2.23. The number of carbonyl (C=O) groups is 1. The van der Waals surface area contributed by atoms with Crippen LogP contribution in [0.15, 0.2) is 18.2 Å². The van der Waals surface area contributed by atoms with Crippen LogP contribution in [-0.4, -0.2) is 34.2 Å². The largest absolute Gasteiger partial charge is 0.481 e. The summed E-state index contributed by atoms with van der Waals surface area (Å²) < 4.78 is 12.6. The van der Waals surface area contributed by atoms with Crippen molar-refractivity contribution < 1.29 is 19.4 Å². The normalized spacial score (nSPS) is 15.5. The van der Waals surface area contributed by atoms with Crippen molar-refractivity contribution >= 4 is 5.97 Å². The van der Waals surface area contributed by atoms with Crippen molar-refractivity contribution in [2.75, 3.05) is 13.3 Å². The predicted octanol–water partition coefficient (Wildman–Crippen LogP) is 1.40. The topological polar surface area (TPSA) is 85.6 Å². The monoisotopic (exact) mass is 315 g/mol. The van der Waals surface area contributed by atoms with Crippen LogP contribution in [0.1, 0.15) is 17.7 Å². The molecule has 0 saturated carbocycles. The first-order valence-corrected chi connectivity index (χ1v) is 7.63. The number of benzene rings is 1. The van der Waals surface area contributed by atoms with Crippen LogP contribution in [0.4, 0.5) is 0 Å². The number of nitrogens with one attached hydrogen (secondary N) is 1. The summed E-state index contributed by atoms with van der Waals surface area (Å²) in [5, 5.41) is 17.0. The fourth-order valence-electron chi connectivity index (χ4n) is 3.08. The molecule has 120 valence electrons. The number of aliphatic carboxylic acids is 1. The van der Waals surface area contributed by atoms with E-state index in [-0.39, 0.29) is 13.2 Å². The number of aryl methyl sites for hydroxylation is 1. The quantitative estimate of drug-likeness (QED) is 0.887. The molecule has 0 fully saturated rings. The third-order valence-electron chi connectivity index (χ3n) is 4.19. The molecule has 2 aliphatic heterocycles. The van der Waals surface area contributed by atoms with Gasteiger partial charge in [-0.1, -0.05) is 0 Å². The lowest BCUT2D eigenvalue weighted by Gasteiger charge is -2.15. The van der Waals surface area contributed by atoms with Crippen molar-refractivity contribution in [1.29, 1.82) is 0 Å². The number of hydrogen-bond acceptors (Lipinski definition) is 5. The second kappa shape index (κ2) is 5.58. The second-order valence-electron chi connectivity index (χ2n) is 5.64. The van der Waals surface area contributed by atoms with Gasteiger partial charge in [-0.05, 0) is 18.2 Å². The zero-order valence-electron chi connectivity index (χ0n) is 12.5. The Morgan fingerprint density at radius 2 is 2.22 bits per heavy atom. The van der Waals surface area contributed by atoms with Crippen LogP contribution in [-0.2, 0) is 24.3 Å². The van der Waals surface area contributed by atoms with Crippen molar-refractivity contribution in [3.05, 3.63) is 29.5 Å². The lowest BCUT2D eigenvalue weighted by atomic mass is 10.0. The second-order valence-corrected chi connectivity index (χ2v) is 5.64. The number of rotatable bonds is 4. The fourth-order valence-corrected chi connectivity index (χ4v) is 3.08. The van der Waals surface area contributed by atoms with Crippen LogP contribution >= 0.6 is 0 Å². The van der Waals surface area contributed by atoms with E-state index in [2.05, 4.69) is 10.4 Å². The summed E-state index contributed by atoms with van der Waals surface area (Å²) in [4.78, 5) is 10.9. The van der Waals surface area contributed by atoms with Crippen molar-refractivity contribution in [3.63, 3.8) is 0 Å². The highest BCUT2D eigenvalue weighted by molar-refractivity contribution is 5.69. The van der Waals surface area contributed by atoms with Gasteiger partial charge in [-0.2, -0.15) is 5.10 Å². The molecule has 0 spiro atoms. The molecule has 2 aromatic rings. The molecular weight excluding hydrogens is 298 g/mol. The molecule has 7 nitrogen and oxygen atoms in total. The van der Waals surface area contributed by atoms with Crippen LogP contribution in [0.5, 0.6) is 11.5 Å². The third-order valence-corrected chi connectivity index (χ3v) is 4.19. The van der Waals surface area contributed by atoms with E-state index in [1.807, 2.05) is 22.9 Å². The smallest absolute Gasteiger partial charge is 0.305 e. The minimum absolute atomic E-state index is 0.0716. The number of hydrogen-bond donors (Lipinski definition) is 2. The molecule has 0 bridgehead atoms. The summed E-state index contributed by atoms with van der Waals surface area (Å²) in [6.07, 6.45) is 0.925. The van der Waals surface area contributed by atoms with Gasteiger partial charge in [0.05, 0.1) is 18.7 Å². The number of carboxylic acid groups (broad SMARTS) is 1. The molecule has 2 aliphatic rings. The van der Waals surface area contributed by atoms with Gasteiger partial charge >= 0.3 is 5.97 Å². The molecule has 1 aromatic heterocycles. The van der Waals surface area contributed by atoms with Crippen LogP contribution in [0.2, 0.25) is 0 Å². The van der Waals surface area contributed by atoms with Gasteiger partial charge in [0, 0.05) is 36.3 Å². The molecule has 1 aromatic carbocycles. The average molecular weight is 315 g/mol. The van der Waals surface area contributed by atoms with Crippen molar-refractivity contribution in [2.45, 2.75) is 25.9 Å². The van der Waals surface area contributed by atoms with Gasteiger partial charge in [-0.15, -0.1) is 0 Å². The molecule has 2 N–H and O–H groups in total. The van der Waals surface area contributed by atoms with Crippen LogP contribution in [0.3, 0.4) is 0 Å². The molecule has 0 saturated heterocycles. The molecule has 0 radical (unpaired) electrons. The maximum absolute atomic E-state index is 10.9.